The topological polar surface area (TPSA) is 26.0 Å². The van der Waals surface area contributed by atoms with E-state index in [0.29, 0.717) is 0 Å². The smallest absolute Gasteiger partial charge is 0.424 e. The van der Waals surface area contributed by atoms with Crippen LogP contribution in [0.25, 0.3) is 0 Å². The van der Waals surface area contributed by atoms with Gasteiger partial charge in [-0.3, -0.25) is 0 Å². The molecule has 1 heterocycles. The highest BCUT2D eigenvalue weighted by molar-refractivity contribution is 14.1. The summed E-state index contributed by atoms with van der Waals surface area (Å²) in [6.07, 6.45) is -4.81. The maximum Gasteiger partial charge on any atom is 0.454 e. The van der Waals surface area contributed by atoms with Crippen LogP contribution in [0, 0.1) is 9.85 Å². The van der Waals surface area contributed by atoms with Crippen LogP contribution < -0.4 is 0 Å². The molecule has 7 heteroatoms. The molecule has 0 atom stereocenters. The van der Waals surface area contributed by atoms with Gasteiger partial charge in [-0.1, -0.05) is 0 Å². The molecule has 2 nitrogen and oxygen atoms in total. The summed E-state index contributed by atoms with van der Waals surface area (Å²) in [5.74, 6) is -3.30. The third-order valence-corrected chi connectivity index (χ3v) is 1.28. The Kier molecular flexibility index (Phi) is 2.08. The molecule has 1 rings (SSSR count). The van der Waals surface area contributed by atoms with Crippen molar-refractivity contribution in [1.29, 1.82) is 0 Å². The molecule has 0 saturated heterocycles. The Hall–Kier alpha value is -0.340. The molecular formula is C4F4INO. The molecule has 0 aliphatic carbocycles. The summed E-state index contributed by atoms with van der Waals surface area (Å²) in [6.45, 7) is 0. The number of alkyl halides is 3. The van der Waals surface area contributed by atoms with E-state index in [9.17, 15) is 17.6 Å². The molecule has 0 bridgehead atoms. The van der Waals surface area contributed by atoms with Crippen LogP contribution in [-0.2, 0) is 6.18 Å². The lowest BCUT2D eigenvalue weighted by Crippen LogP contribution is -2.05. The summed E-state index contributed by atoms with van der Waals surface area (Å²) in [6, 6.07) is 0. The maximum absolute atomic E-state index is 12.2. The predicted molar refractivity (Wildman–Crippen MR) is 34.2 cm³/mol. The molecular weight excluding hydrogens is 281 g/mol. The predicted octanol–water partition coefficient (Wildman–Crippen LogP) is 2.44. The van der Waals surface area contributed by atoms with Crippen molar-refractivity contribution < 1.29 is 22.0 Å². The molecule has 0 fully saturated rings. The average molecular weight is 281 g/mol. The summed E-state index contributed by atoms with van der Waals surface area (Å²) in [5.41, 5.74) is 0. The van der Waals surface area contributed by atoms with Crippen molar-refractivity contribution in [3.8, 4) is 0 Å². The summed E-state index contributed by atoms with van der Waals surface area (Å²) in [4.78, 5) is 2.81. The largest absolute Gasteiger partial charge is 0.454 e. The van der Waals surface area contributed by atoms with Gasteiger partial charge in [0, 0.05) is 22.6 Å². The fraction of sp³-hybridized carbons (Fsp3) is 0.250. The Morgan fingerprint density at radius 3 is 2.09 bits per heavy atom. The van der Waals surface area contributed by atoms with Crippen LogP contribution in [0.2, 0.25) is 0 Å². The van der Waals surface area contributed by atoms with E-state index in [1.807, 2.05) is 0 Å². The lowest BCUT2D eigenvalue weighted by atomic mass is 10.5. The highest BCUT2D eigenvalue weighted by Gasteiger charge is 2.40. The first-order valence-electron chi connectivity index (χ1n) is 2.30. The number of rotatable bonds is 0. The summed E-state index contributed by atoms with van der Waals surface area (Å²) >= 11 is 1.35. The molecule has 1 aromatic heterocycles. The van der Waals surface area contributed by atoms with Crippen LogP contribution >= 0.6 is 22.6 Å². The van der Waals surface area contributed by atoms with Crippen molar-refractivity contribution in [3.05, 3.63) is 15.6 Å². The fourth-order valence-electron chi connectivity index (χ4n) is 0.452. The lowest BCUT2D eigenvalue weighted by molar-refractivity contribution is -0.156. The van der Waals surface area contributed by atoms with E-state index in [4.69, 9.17) is 0 Å². The lowest BCUT2D eigenvalue weighted by Gasteiger charge is -1.98. The van der Waals surface area contributed by atoms with E-state index in [0.717, 1.165) is 0 Å². The summed E-state index contributed by atoms with van der Waals surface area (Å²) in [5, 5.41) is 0. The van der Waals surface area contributed by atoms with Gasteiger partial charge in [0.2, 0.25) is 0 Å². The Morgan fingerprint density at radius 1 is 1.36 bits per heavy atom. The first kappa shape index (κ1) is 8.75. The van der Waals surface area contributed by atoms with Crippen LogP contribution in [0.4, 0.5) is 17.6 Å². The van der Waals surface area contributed by atoms with Gasteiger partial charge in [0.1, 0.15) is 0 Å². The minimum atomic E-state index is -4.81. The number of hydrogen-bond acceptors (Lipinski definition) is 2. The Balaban J connectivity index is 3.13. The maximum atomic E-state index is 12.2. The fourth-order valence-corrected chi connectivity index (χ4v) is 0.884. The molecule has 11 heavy (non-hydrogen) atoms. The van der Waals surface area contributed by atoms with E-state index >= 15 is 0 Å². The van der Waals surface area contributed by atoms with Crippen LogP contribution in [0.5, 0.6) is 0 Å². The molecule has 0 radical (unpaired) electrons. The van der Waals surface area contributed by atoms with Crippen molar-refractivity contribution in [2.24, 2.45) is 0 Å². The van der Waals surface area contributed by atoms with Gasteiger partial charge in [-0.2, -0.15) is 22.5 Å². The third kappa shape index (κ3) is 1.82. The third-order valence-electron chi connectivity index (χ3n) is 0.817. The van der Waals surface area contributed by atoms with Gasteiger partial charge < -0.3 is 4.42 Å². The molecule has 0 N–H and O–H groups in total. The van der Waals surface area contributed by atoms with Crippen LogP contribution in [0.1, 0.15) is 5.76 Å². The zero-order chi connectivity index (χ0) is 8.65. The van der Waals surface area contributed by atoms with E-state index < -0.39 is 17.9 Å². The van der Waals surface area contributed by atoms with Gasteiger partial charge in [-0.05, 0) is 0 Å². The van der Waals surface area contributed by atoms with Gasteiger partial charge in [0.15, 0.2) is 0 Å². The molecule has 0 amide bonds. The first-order chi connectivity index (χ1) is 4.91. The van der Waals surface area contributed by atoms with Crippen molar-refractivity contribution in [2.75, 3.05) is 0 Å². The molecule has 0 saturated carbocycles. The average Bonchev–Trinajstić information content (AvgIpc) is 2.08. The van der Waals surface area contributed by atoms with Crippen molar-refractivity contribution in [1.82, 2.24) is 4.98 Å². The molecule has 62 valence electrons. The number of aromatic nitrogens is 1. The SMILES string of the molecule is Fc1nc(I)oc1C(F)(F)F. The monoisotopic (exact) mass is 281 g/mol. The second kappa shape index (κ2) is 2.61. The number of halogens is 5. The van der Waals surface area contributed by atoms with Gasteiger partial charge in [0.25, 0.3) is 15.6 Å². The van der Waals surface area contributed by atoms with Gasteiger partial charge >= 0.3 is 6.18 Å². The minimum absolute atomic E-state index is 0.368. The van der Waals surface area contributed by atoms with Crippen molar-refractivity contribution >= 4 is 22.6 Å². The molecule has 0 spiro atoms. The molecule has 0 aliphatic heterocycles. The normalized spacial score (nSPS) is 12.1. The standard InChI is InChI=1S/C4F4INO/c5-2-1(4(6,7)8)11-3(9)10-2. The quantitative estimate of drug-likeness (QED) is 0.539. The zero-order valence-electron chi connectivity index (χ0n) is 4.75. The van der Waals surface area contributed by atoms with Gasteiger partial charge in [-0.25, -0.2) is 0 Å². The Bertz CT molecular complexity index is 268. The second-order valence-electron chi connectivity index (χ2n) is 1.58. The summed E-state index contributed by atoms with van der Waals surface area (Å²) < 4.78 is 50.8. The highest BCUT2D eigenvalue weighted by atomic mass is 127. The van der Waals surface area contributed by atoms with Crippen molar-refractivity contribution in [2.45, 2.75) is 6.18 Å². The van der Waals surface area contributed by atoms with Crippen molar-refractivity contribution in [3.63, 3.8) is 0 Å². The number of nitrogens with zero attached hydrogens (tertiary/aromatic N) is 1. The van der Waals surface area contributed by atoms with E-state index in [-0.39, 0.29) is 3.90 Å². The summed E-state index contributed by atoms with van der Waals surface area (Å²) in [7, 11) is 0. The Labute approximate surface area is 71.7 Å². The Morgan fingerprint density at radius 2 is 1.91 bits per heavy atom. The van der Waals surface area contributed by atoms with Crippen LogP contribution in [-0.4, -0.2) is 4.98 Å². The zero-order valence-corrected chi connectivity index (χ0v) is 6.90. The molecule has 1 aromatic rings. The second-order valence-corrected chi connectivity index (χ2v) is 2.51. The minimum Gasteiger partial charge on any atom is -0.424 e. The van der Waals surface area contributed by atoms with E-state index in [2.05, 4.69) is 9.40 Å². The first-order valence-corrected chi connectivity index (χ1v) is 3.38. The molecule has 0 unspecified atom stereocenters. The molecule has 0 aliphatic rings. The van der Waals surface area contributed by atoms with Gasteiger partial charge in [-0.15, -0.1) is 0 Å². The van der Waals surface area contributed by atoms with E-state index in [1.54, 1.807) is 0 Å². The highest BCUT2D eigenvalue weighted by Crippen LogP contribution is 2.31. The number of hydrogen-bond donors (Lipinski definition) is 0. The van der Waals surface area contributed by atoms with Gasteiger partial charge in [0.05, 0.1) is 0 Å². The van der Waals surface area contributed by atoms with Crippen LogP contribution in [0.3, 0.4) is 0 Å². The molecule has 0 aromatic carbocycles. The van der Waals surface area contributed by atoms with Crippen LogP contribution in [0.15, 0.2) is 4.42 Å². The van der Waals surface area contributed by atoms with E-state index in [1.165, 1.54) is 22.6 Å². The number of oxazole rings is 1.